The predicted molar refractivity (Wildman–Crippen MR) is 67.5 cm³/mol. The van der Waals surface area contributed by atoms with E-state index in [1.54, 1.807) is 18.2 Å². The van der Waals surface area contributed by atoms with Crippen molar-refractivity contribution in [3.05, 3.63) is 39.6 Å². The fourth-order valence-corrected chi connectivity index (χ4v) is 1.94. The smallest absolute Gasteiger partial charge is 0.309 e. The standard InChI is InChI=1S/C11H9Cl2N3O2/c1-6-7(12)3-2-4-8(6)16-9(5-10(17)18)11(13)14-15-16/h2-4H,5H2,1H3,(H,17,18). The number of carboxylic acids is 1. The number of benzene rings is 1. The van der Waals surface area contributed by atoms with Crippen molar-refractivity contribution in [2.24, 2.45) is 0 Å². The second-order valence-corrected chi connectivity index (χ2v) is 4.46. The van der Waals surface area contributed by atoms with E-state index in [4.69, 9.17) is 28.3 Å². The normalized spacial score (nSPS) is 10.6. The summed E-state index contributed by atoms with van der Waals surface area (Å²) in [6.45, 7) is 1.82. The molecule has 0 unspecified atom stereocenters. The average Bonchev–Trinajstić information content (AvgIpc) is 2.64. The van der Waals surface area contributed by atoms with Gasteiger partial charge < -0.3 is 5.11 Å². The highest BCUT2D eigenvalue weighted by molar-refractivity contribution is 6.31. The molecule has 0 radical (unpaired) electrons. The maximum atomic E-state index is 10.8. The van der Waals surface area contributed by atoms with Crippen LogP contribution in [0.4, 0.5) is 0 Å². The molecule has 2 rings (SSSR count). The maximum absolute atomic E-state index is 10.8. The minimum absolute atomic E-state index is 0.0803. The van der Waals surface area contributed by atoms with Gasteiger partial charge in [-0.1, -0.05) is 34.5 Å². The summed E-state index contributed by atoms with van der Waals surface area (Å²) in [7, 11) is 0. The third-order valence-electron chi connectivity index (χ3n) is 2.50. The third-order valence-corrected chi connectivity index (χ3v) is 3.20. The van der Waals surface area contributed by atoms with Gasteiger partial charge in [0.25, 0.3) is 0 Å². The van der Waals surface area contributed by atoms with Crippen LogP contribution in [0.3, 0.4) is 0 Å². The van der Waals surface area contributed by atoms with Crippen LogP contribution in [0.5, 0.6) is 0 Å². The van der Waals surface area contributed by atoms with Crippen LogP contribution in [0.1, 0.15) is 11.3 Å². The van der Waals surface area contributed by atoms with Crippen LogP contribution in [0.15, 0.2) is 18.2 Å². The Morgan fingerprint density at radius 2 is 2.17 bits per heavy atom. The molecule has 0 spiro atoms. The molecule has 0 aliphatic heterocycles. The van der Waals surface area contributed by atoms with Crippen molar-refractivity contribution >= 4 is 29.2 Å². The van der Waals surface area contributed by atoms with Crippen LogP contribution in [-0.2, 0) is 11.2 Å². The van der Waals surface area contributed by atoms with E-state index < -0.39 is 5.97 Å². The highest BCUT2D eigenvalue weighted by Crippen LogP contribution is 2.24. The van der Waals surface area contributed by atoms with Gasteiger partial charge in [-0.25, -0.2) is 4.68 Å². The summed E-state index contributed by atoms with van der Waals surface area (Å²) < 4.78 is 1.40. The van der Waals surface area contributed by atoms with E-state index >= 15 is 0 Å². The van der Waals surface area contributed by atoms with Crippen LogP contribution >= 0.6 is 23.2 Å². The highest BCUT2D eigenvalue weighted by Gasteiger charge is 2.17. The zero-order valence-corrected chi connectivity index (χ0v) is 10.9. The van der Waals surface area contributed by atoms with Crippen molar-refractivity contribution < 1.29 is 9.90 Å². The minimum Gasteiger partial charge on any atom is -0.481 e. The molecule has 0 atom stereocenters. The summed E-state index contributed by atoms with van der Waals surface area (Å²) >= 11 is 11.9. The molecule has 2 aromatic rings. The SMILES string of the molecule is Cc1c(Cl)cccc1-n1nnc(Cl)c1CC(=O)O. The average molecular weight is 286 g/mol. The number of carbonyl (C=O) groups is 1. The molecule has 1 aromatic heterocycles. The van der Waals surface area contributed by atoms with E-state index in [-0.39, 0.29) is 11.6 Å². The Kier molecular flexibility index (Phi) is 3.54. The van der Waals surface area contributed by atoms with Crippen molar-refractivity contribution in [1.29, 1.82) is 0 Å². The summed E-state index contributed by atoms with van der Waals surface area (Å²) in [6.07, 6.45) is -0.252. The van der Waals surface area contributed by atoms with Crippen LogP contribution in [0, 0.1) is 6.92 Å². The summed E-state index contributed by atoms with van der Waals surface area (Å²) in [4.78, 5) is 10.8. The Morgan fingerprint density at radius 1 is 1.44 bits per heavy atom. The van der Waals surface area contributed by atoms with Gasteiger partial charge in [-0.3, -0.25) is 4.79 Å². The summed E-state index contributed by atoms with van der Waals surface area (Å²) in [6, 6.07) is 5.28. The van der Waals surface area contributed by atoms with Gasteiger partial charge in [0.2, 0.25) is 0 Å². The lowest BCUT2D eigenvalue weighted by Gasteiger charge is -2.09. The van der Waals surface area contributed by atoms with Gasteiger partial charge in [0.1, 0.15) is 0 Å². The first-order chi connectivity index (χ1) is 8.50. The quantitative estimate of drug-likeness (QED) is 0.941. The molecule has 94 valence electrons. The molecular formula is C11H9Cl2N3O2. The van der Waals surface area contributed by atoms with Crippen LogP contribution in [-0.4, -0.2) is 26.1 Å². The number of rotatable bonds is 3. The van der Waals surface area contributed by atoms with Gasteiger partial charge in [0.15, 0.2) is 5.15 Å². The molecule has 0 saturated carbocycles. The zero-order chi connectivity index (χ0) is 13.3. The largest absolute Gasteiger partial charge is 0.481 e. The molecule has 0 aliphatic carbocycles. The first-order valence-electron chi connectivity index (χ1n) is 5.08. The minimum atomic E-state index is -1.000. The molecule has 1 N–H and O–H groups in total. The van der Waals surface area contributed by atoms with E-state index in [2.05, 4.69) is 10.3 Å². The van der Waals surface area contributed by atoms with E-state index in [1.165, 1.54) is 4.68 Å². The second-order valence-electron chi connectivity index (χ2n) is 3.69. The number of hydrogen-bond acceptors (Lipinski definition) is 3. The molecule has 5 nitrogen and oxygen atoms in total. The molecule has 1 heterocycles. The molecule has 7 heteroatoms. The van der Waals surface area contributed by atoms with Gasteiger partial charge in [-0.15, -0.1) is 5.10 Å². The molecule has 0 aliphatic rings. The molecule has 0 fully saturated rings. The lowest BCUT2D eigenvalue weighted by atomic mass is 10.2. The van der Waals surface area contributed by atoms with E-state index in [1.807, 2.05) is 6.92 Å². The Bertz CT molecular complexity index is 610. The zero-order valence-electron chi connectivity index (χ0n) is 9.39. The fourth-order valence-electron chi connectivity index (χ4n) is 1.59. The van der Waals surface area contributed by atoms with E-state index in [0.29, 0.717) is 16.4 Å². The summed E-state index contributed by atoms with van der Waals surface area (Å²) in [5, 5.41) is 17.0. The number of carboxylic acid groups (broad SMARTS) is 1. The van der Waals surface area contributed by atoms with Crippen molar-refractivity contribution in [3.63, 3.8) is 0 Å². The number of halogens is 2. The van der Waals surface area contributed by atoms with Crippen molar-refractivity contribution in [1.82, 2.24) is 15.0 Å². The first kappa shape index (κ1) is 12.9. The fraction of sp³-hybridized carbons (Fsp3) is 0.182. The molecule has 1 aromatic carbocycles. The Balaban J connectivity index is 2.57. The molecule has 0 saturated heterocycles. The van der Waals surface area contributed by atoms with Gasteiger partial charge in [-0.2, -0.15) is 0 Å². The van der Waals surface area contributed by atoms with Gasteiger partial charge >= 0.3 is 5.97 Å². The third kappa shape index (κ3) is 2.32. The number of nitrogens with zero attached hydrogens (tertiary/aromatic N) is 3. The molecule has 0 bridgehead atoms. The van der Waals surface area contributed by atoms with Gasteiger partial charge in [0.05, 0.1) is 17.8 Å². The van der Waals surface area contributed by atoms with Gasteiger partial charge in [-0.05, 0) is 24.6 Å². The number of aromatic nitrogens is 3. The van der Waals surface area contributed by atoms with Crippen molar-refractivity contribution in [3.8, 4) is 5.69 Å². The van der Waals surface area contributed by atoms with Crippen LogP contribution in [0.25, 0.3) is 5.69 Å². The first-order valence-corrected chi connectivity index (χ1v) is 5.83. The van der Waals surface area contributed by atoms with Gasteiger partial charge in [0, 0.05) is 5.02 Å². The van der Waals surface area contributed by atoms with E-state index in [0.717, 1.165) is 5.56 Å². The molecular weight excluding hydrogens is 277 g/mol. The Labute approximate surface area is 113 Å². The monoisotopic (exact) mass is 285 g/mol. The number of aliphatic carboxylic acids is 1. The summed E-state index contributed by atoms with van der Waals surface area (Å²) in [5.41, 5.74) is 1.78. The summed E-state index contributed by atoms with van der Waals surface area (Å²) in [5.74, 6) is -1.000. The van der Waals surface area contributed by atoms with Crippen molar-refractivity contribution in [2.75, 3.05) is 0 Å². The lowest BCUT2D eigenvalue weighted by molar-refractivity contribution is -0.136. The van der Waals surface area contributed by atoms with Crippen LogP contribution < -0.4 is 0 Å². The predicted octanol–water partition coefficient (Wildman–Crippen LogP) is 2.51. The van der Waals surface area contributed by atoms with Crippen molar-refractivity contribution in [2.45, 2.75) is 13.3 Å². The second kappa shape index (κ2) is 4.96. The molecule has 18 heavy (non-hydrogen) atoms. The maximum Gasteiger partial charge on any atom is 0.309 e. The molecule has 0 amide bonds. The van der Waals surface area contributed by atoms with E-state index in [9.17, 15) is 4.79 Å². The van der Waals surface area contributed by atoms with Crippen LogP contribution in [0.2, 0.25) is 10.2 Å². The Hall–Kier alpha value is -1.59. The lowest BCUT2D eigenvalue weighted by Crippen LogP contribution is -2.09. The Morgan fingerprint density at radius 3 is 2.83 bits per heavy atom. The topological polar surface area (TPSA) is 68.0 Å². The number of hydrogen-bond donors (Lipinski definition) is 1. The highest BCUT2D eigenvalue weighted by atomic mass is 35.5.